The molecule has 1 aliphatic heterocycles. The highest BCUT2D eigenvalue weighted by molar-refractivity contribution is 5.63. The van der Waals surface area contributed by atoms with Crippen molar-refractivity contribution in [3.8, 4) is 0 Å². The molecule has 1 saturated heterocycles. The maximum absolute atomic E-state index is 10.9. The Labute approximate surface area is 118 Å². The number of rotatable bonds is 6. The third-order valence-corrected chi connectivity index (χ3v) is 3.32. The zero-order chi connectivity index (χ0) is 14.4. The van der Waals surface area contributed by atoms with Crippen LogP contribution < -0.4 is 10.6 Å². The first-order valence-electron chi connectivity index (χ1n) is 7.08. The van der Waals surface area contributed by atoms with Gasteiger partial charge in [-0.25, -0.2) is 0 Å². The van der Waals surface area contributed by atoms with Crippen LogP contribution in [0.1, 0.15) is 26.2 Å². The fraction of sp³-hybridized carbons (Fsp3) is 0.571. The Morgan fingerprint density at radius 1 is 1.30 bits per heavy atom. The summed E-state index contributed by atoms with van der Waals surface area (Å²) in [6, 6.07) is 4.99. The largest absolute Gasteiger partial charge is 0.385 e. The first-order chi connectivity index (χ1) is 9.69. The van der Waals surface area contributed by atoms with E-state index in [0.29, 0.717) is 6.54 Å². The van der Waals surface area contributed by atoms with Crippen molar-refractivity contribution in [1.29, 1.82) is 0 Å². The maximum Gasteiger partial charge on any atom is 0.273 e. The summed E-state index contributed by atoms with van der Waals surface area (Å²) in [5.74, 6) is 0. The van der Waals surface area contributed by atoms with Crippen LogP contribution in [0.4, 0.5) is 17.1 Å². The van der Waals surface area contributed by atoms with E-state index in [4.69, 9.17) is 4.74 Å². The number of nitro groups is 1. The summed E-state index contributed by atoms with van der Waals surface area (Å²) in [4.78, 5) is 10.6. The number of hydrogen-bond donors (Lipinski definition) is 2. The normalized spacial score (nSPS) is 18.6. The number of nitro benzene ring substituents is 1. The van der Waals surface area contributed by atoms with Gasteiger partial charge in [0.15, 0.2) is 0 Å². The smallest absolute Gasteiger partial charge is 0.273 e. The lowest BCUT2D eigenvalue weighted by molar-refractivity contribution is -0.384. The minimum Gasteiger partial charge on any atom is -0.385 e. The minimum absolute atomic E-state index is 0.0931. The molecule has 0 aromatic heterocycles. The summed E-state index contributed by atoms with van der Waals surface area (Å²) in [6.45, 7) is 4.19. The topological polar surface area (TPSA) is 76.4 Å². The number of non-ortho nitro benzene ring substituents is 1. The summed E-state index contributed by atoms with van der Waals surface area (Å²) >= 11 is 0. The molecule has 0 radical (unpaired) electrons. The third-order valence-electron chi connectivity index (χ3n) is 3.32. The van der Waals surface area contributed by atoms with E-state index in [2.05, 4.69) is 10.6 Å². The second-order valence-electron chi connectivity index (χ2n) is 4.93. The van der Waals surface area contributed by atoms with Gasteiger partial charge in [0, 0.05) is 43.2 Å². The first-order valence-corrected chi connectivity index (χ1v) is 7.08. The molecular formula is C14H21N3O3. The molecule has 1 atom stereocenters. The van der Waals surface area contributed by atoms with Gasteiger partial charge in [0.2, 0.25) is 0 Å². The maximum atomic E-state index is 10.9. The van der Waals surface area contributed by atoms with E-state index in [9.17, 15) is 10.1 Å². The van der Waals surface area contributed by atoms with E-state index in [1.807, 2.05) is 13.0 Å². The molecule has 20 heavy (non-hydrogen) atoms. The van der Waals surface area contributed by atoms with E-state index in [1.165, 1.54) is 6.42 Å². The van der Waals surface area contributed by atoms with Crippen molar-refractivity contribution < 1.29 is 9.66 Å². The zero-order valence-electron chi connectivity index (χ0n) is 11.7. The molecule has 2 N–H and O–H groups in total. The molecule has 1 aromatic carbocycles. The molecule has 0 amide bonds. The molecule has 1 heterocycles. The predicted octanol–water partition coefficient (Wildman–Crippen LogP) is 3.01. The van der Waals surface area contributed by atoms with Gasteiger partial charge >= 0.3 is 0 Å². The Balaban J connectivity index is 2.03. The second-order valence-corrected chi connectivity index (χ2v) is 4.93. The lowest BCUT2D eigenvalue weighted by atomic mass is 10.1. The SMILES string of the molecule is CCNc1cc(NCC2CCCCO2)cc([N+](=O)[O-])c1. The molecule has 0 spiro atoms. The predicted molar refractivity (Wildman–Crippen MR) is 79.3 cm³/mol. The van der Waals surface area contributed by atoms with Crippen LogP contribution in [0.3, 0.4) is 0 Å². The number of benzene rings is 1. The van der Waals surface area contributed by atoms with Crippen molar-refractivity contribution in [2.45, 2.75) is 32.3 Å². The fourth-order valence-electron chi connectivity index (χ4n) is 2.32. The van der Waals surface area contributed by atoms with Crippen LogP contribution >= 0.6 is 0 Å². The van der Waals surface area contributed by atoms with Crippen LogP contribution in [0.25, 0.3) is 0 Å². The molecule has 1 unspecified atom stereocenters. The summed E-state index contributed by atoms with van der Waals surface area (Å²) in [5.41, 5.74) is 1.61. The van der Waals surface area contributed by atoms with Gasteiger partial charge in [0.25, 0.3) is 5.69 Å². The third kappa shape index (κ3) is 4.09. The Hall–Kier alpha value is -1.82. The minimum atomic E-state index is -0.372. The van der Waals surface area contributed by atoms with Gasteiger partial charge < -0.3 is 15.4 Å². The van der Waals surface area contributed by atoms with E-state index < -0.39 is 0 Å². The summed E-state index contributed by atoms with van der Waals surface area (Å²) in [5, 5.41) is 17.3. The van der Waals surface area contributed by atoms with Crippen LogP contribution in [-0.4, -0.2) is 30.7 Å². The molecule has 1 fully saturated rings. The van der Waals surface area contributed by atoms with Crippen LogP contribution in [0, 0.1) is 10.1 Å². The monoisotopic (exact) mass is 279 g/mol. The number of anilines is 2. The molecule has 1 aromatic rings. The van der Waals surface area contributed by atoms with Crippen LogP contribution in [-0.2, 0) is 4.74 Å². The van der Waals surface area contributed by atoms with Crippen LogP contribution in [0.2, 0.25) is 0 Å². The van der Waals surface area contributed by atoms with E-state index in [1.54, 1.807) is 12.1 Å². The average Bonchev–Trinajstić information content (AvgIpc) is 2.46. The lowest BCUT2D eigenvalue weighted by Gasteiger charge is -2.23. The standard InChI is InChI=1S/C14H21N3O3/c1-2-15-11-7-12(9-13(8-11)17(18)19)16-10-14-5-3-4-6-20-14/h7-9,14-16H,2-6,10H2,1H3. The summed E-state index contributed by atoms with van der Waals surface area (Å²) in [6.07, 6.45) is 3.55. The van der Waals surface area contributed by atoms with Gasteiger partial charge in [-0.15, -0.1) is 0 Å². The highest BCUT2D eigenvalue weighted by Crippen LogP contribution is 2.24. The second kappa shape index (κ2) is 7.09. The Kier molecular flexibility index (Phi) is 5.17. The van der Waals surface area contributed by atoms with Gasteiger partial charge in [-0.3, -0.25) is 10.1 Å². The molecule has 0 saturated carbocycles. The number of ether oxygens (including phenoxy) is 1. The van der Waals surface area contributed by atoms with Gasteiger partial charge in [-0.2, -0.15) is 0 Å². The highest BCUT2D eigenvalue weighted by Gasteiger charge is 2.14. The van der Waals surface area contributed by atoms with Gasteiger partial charge in [0.05, 0.1) is 11.0 Å². The van der Waals surface area contributed by atoms with Crippen molar-refractivity contribution in [3.63, 3.8) is 0 Å². The summed E-state index contributed by atoms with van der Waals surface area (Å²) in [7, 11) is 0. The lowest BCUT2D eigenvalue weighted by Crippen LogP contribution is -2.27. The Morgan fingerprint density at radius 3 is 2.65 bits per heavy atom. The van der Waals surface area contributed by atoms with Crippen molar-refractivity contribution in [2.75, 3.05) is 30.3 Å². The quantitative estimate of drug-likeness (QED) is 0.618. The van der Waals surface area contributed by atoms with Gasteiger partial charge in [-0.1, -0.05) is 0 Å². The number of nitrogens with one attached hydrogen (secondary N) is 2. The average molecular weight is 279 g/mol. The molecule has 2 rings (SSSR count). The van der Waals surface area contributed by atoms with Crippen molar-refractivity contribution in [2.24, 2.45) is 0 Å². The van der Waals surface area contributed by atoms with Crippen molar-refractivity contribution >= 4 is 17.1 Å². The van der Waals surface area contributed by atoms with Gasteiger partial charge in [-0.05, 0) is 32.3 Å². The van der Waals surface area contributed by atoms with E-state index in [-0.39, 0.29) is 16.7 Å². The van der Waals surface area contributed by atoms with Crippen molar-refractivity contribution in [1.82, 2.24) is 0 Å². The van der Waals surface area contributed by atoms with Gasteiger partial charge in [0.1, 0.15) is 0 Å². The first kappa shape index (κ1) is 14.6. The van der Waals surface area contributed by atoms with Crippen LogP contribution in [0.15, 0.2) is 18.2 Å². The Morgan fingerprint density at radius 2 is 2.05 bits per heavy atom. The summed E-state index contributed by atoms with van der Waals surface area (Å²) < 4.78 is 5.64. The molecular weight excluding hydrogens is 258 g/mol. The number of nitrogens with zero attached hydrogens (tertiary/aromatic N) is 1. The van der Waals surface area contributed by atoms with E-state index >= 15 is 0 Å². The van der Waals surface area contributed by atoms with Crippen molar-refractivity contribution in [3.05, 3.63) is 28.3 Å². The molecule has 110 valence electrons. The highest BCUT2D eigenvalue weighted by atomic mass is 16.6. The molecule has 6 heteroatoms. The number of hydrogen-bond acceptors (Lipinski definition) is 5. The van der Waals surface area contributed by atoms with E-state index in [0.717, 1.165) is 37.4 Å². The van der Waals surface area contributed by atoms with Crippen LogP contribution in [0.5, 0.6) is 0 Å². The molecule has 0 bridgehead atoms. The molecule has 0 aliphatic carbocycles. The zero-order valence-corrected chi connectivity index (χ0v) is 11.7. The Bertz CT molecular complexity index is 459. The fourth-order valence-corrected chi connectivity index (χ4v) is 2.32. The molecule has 6 nitrogen and oxygen atoms in total. The molecule has 1 aliphatic rings.